The number of anilines is 1. The molecule has 0 atom stereocenters. The monoisotopic (exact) mass is 458 g/mol. The zero-order chi connectivity index (χ0) is 22.4. The fourth-order valence-electron chi connectivity index (χ4n) is 3.00. The van der Waals surface area contributed by atoms with Crippen LogP contribution in [0.2, 0.25) is 5.02 Å². The Balaban J connectivity index is 1.88. The number of para-hydroxylation sites is 1. The Morgan fingerprint density at radius 2 is 1.71 bits per heavy atom. The van der Waals surface area contributed by atoms with Gasteiger partial charge in [0.15, 0.2) is 0 Å². The van der Waals surface area contributed by atoms with Gasteiger partial charge in [0.25, 0.3) is 10.0 Å². The predicted octanol–water partition coefficient (Wildman–Crippen LogP) is 4.17. The molecule has 0 spiro atoms. The van der Waals surface area contributed by atoms with Crippen molar-refractivity contribution < 1.29 is 17.9 Å². The minimum absolute atomic E-state index is 0.0872. The summed E-state index contributed by atoms with van der Waals surface area (Å²) in [5, 5.41) is 3.18. The molecule has 0 unspecified atom stereocenters. The van der Waals surface area contributed by atoms with Crippen LogP contribution in [-0.2, 0) is 21.4 Å². The molecule has 3 rings (SSSR count). The van der Waals surface area contributed by atoms with E-state index in [1.54, 1.807) is 49.6 Å². The second-order valence-electron chi connectivity index (χ2n) is 6.85. The van der Waals surface area contributed by atoms with Gasteiger partial charge in [0.1, 0.15) is 12.3 Å². The lowest BCUT2D eigenvalue weighted by atomic mass is 10.2. The van der Waals surface area contributed by atoms with Crippen LogP contribution in [0.3, 0.4) is 0 Å². The lowest BCUT2D eigenvalue weighted by molar-refractivity contribution is -0.119. The Kier molecular flexibility index (Phi) is 7.20. The summed E-state index contributed by atoms with van der Waals surface area (Å²) < 4.78 is 33.0. The van der Waals surface area contributed by atoms with E-state index in [1.165, 1.54) is 12.1 Å². The average molecular weight is 459 g/mol. The van der Waals surface area contributed by atoms with E-state index in [0.29, 0.717) is 16.5 Å². The molecule has 1 amide bonds. The number of carbonyl (C=O) groups is 1. The molecular weight excluding hydrogens is 436 g/mol. The molecule has 8 heteroatoms. The Bertz CT molecular complexity index is 1170. The van der Waals surface area contributed by atoms with Gasteiger partial charge < -0.3 is 10.1 Å². The summed E-state index contributed by atoms with van der Waals surface area (Å²) in [6, 6.07) is 20.2. The van der Waals surface area contributed by atoms with Crippen LogP contribution in [0.5, 0.6) is 5.75 Å². The van der Waals surface area contributed by atoms with E-state index in [1.807, 2.05) is 25.1 Å². The summed E-state index contributed by atoms with van der Waals surface area (Å²) in [6.45, 7) is 1.63. The maximum absolute atomic E-state index is 13.3. The summed E-state index contributed by atoms with van der Waals surface area (Å²) in [6.07, 6.45) is 0. The number of carbonyl (C=O) groups excluding carboxylic acids is 1. The van der Waals surface area contributed by atoms with E-state index >= 15 is 0 Å². The van der Waals surface area contributed by atoms with Gasteiger partial charge in [0.2, 0.25) is 5.91 Å². The lowest BCUT2D eigenvalue weighted by Crippen LogP contribution is -2.40. The molecule has 0 bridgehead atoms. The summed E-state index contributed by atoms with van der Waals surface area (Å²) in [4.78, 5) is 12.8. The number of ether oxygens (including phenoxy) is 1. The molecule has 0 aromatic heterocycles. The standard InChI is InChI=1S/C23H23ClN2O4S/c1-17-12-13-19(14-21(17)24)26(31(28,29)20-9-4-3-5-10-20)16-23(27)25-15-18-8-6-7-11-22(18)30-2/h3-14H,15-16H2,1-2H3,(H,25,27). The number of sulfonamides is 1. The van der Waals surface area contributed by atoms with Crippen LogP contribution in [0.25, 0.3) is 0 Å². The topological polar surface area (TPSA) is 75.7 Å². The Morgan fingerprint density at radius 3 is 2.39 bits per heavy atom. The zero-order valence-electron chi connectivity index (χ0n) is 17.2. The van der Waals surface area contributed by atoms with Crippen molar-refractivity contribution in [3.8, 4) is 5.75 Å². The first-order chi connectivity index (χ1) is 14.8. The maximum Gasteiger partial charge on any atom is 0.264 e. The third kappa shape index (κ3) is 5.37. The molecule has 0 saturated carbocycles. The zero-order valence-corrected chi connectivity index (χ0v) is 18.8. The van der Waals surface area contributed by atoms with Gasteiger partial charge in [-0.3, -0.25) is 9.10 Å². The number of hydrogen-bond donors (Lipinski definition) is 1. The molecule has 0 heterocycles. The first kappa shape index (κ1) is 22.7. The van der Waals surface area contributed by atoms with Crippen LogP contribution in [0, 0.1) is 6.92 Å². The van der Waals surface area contributed by atoms with E-state index in [2.05, 4.69) is 5.32 Å². The molecule has 6 nitrogen and oxygen atoms in total. The third-order valence-corrected chi connectivity index (χ3v) is 6.93. The van der Waals surface area contributed by atoms with Gasteiger partial charge in [-0.05, 0) is 42.8 Å². The fourth-order valence-corrected chi connectivity index (χ4v) is 4.61. The summed E-state index contributed by atoms with van der Waals surface area (Å²) in [5.41, 5.74) is 1.91. The summed E-state index contributed by atoms with van der Waals surface area (Å²) >= 11 is 6.23. The van der Waals surface area contributed by atoms with Crippen LogP contribution < -0.4 is 14.4 Å². The fraction of sp³-hybridized carbons (Fsp3) is 0.174. The number of halogens is 1. The normalized spacial score (nSPS) is 11.1. The van der Waals surface area contributed by atoms with Crippen molar-refractivity contribution in [1.29, 1.82) is 0 Å². The van der Waals surface area contributed by atoms with E-state index in [0.717, 1.165) is 15.4 Å². The van der Waals surface area contributed by atoms with Crippen molar-refractivity contribution in [3.63, 3.8) is 0 Å². The second kappa shape index (κ2) is 9.85. The Morgan fingerprint density at radius 1 is 1.03 bits per heavy atom. The number of hydrogen-bond acceptors (Lipinski definition) is 4. The minimum Gasteiger partial charge on any atom is -0.496 e. The maximum atomic E-state index is 13.3. The highest BCUT2D eigenvalue weighted by atomic mass is 35.5. The summed E-state index contributed by atoms with van der Waals surface area (Å²) in [5.74, 6) is 0.184. The smallest absolute Gasteiger partial charge is 0.264 e. The van der Waals surface area contributed by atoms with Crippen LogP contribution in [-0.4, -0.2) is 28.0 Å². The van der Waals surface area contributed by atoms with E-state index in [-0.39, 0.29) is 11.4 Å². The highest BCUT2D eigenvalue weighted by Crippen LogP contribution is 2.28. The van der Waals surface area contributed by atoms with E-state index < -0.39 is 22.5 Å². The second-order valence-corrected chi connectivity index (χ2v) is 9.12. The molecule has 162 valence electrons. The van der Waals surface area contributed by atoms with Gasteiger partial charge in [-0.1, -0.05) is 54.1 Å². The van der Waals surface area contributed by atoms with Crippen molar-refractivity contribution in [2.45, 2.75) is 18.4 Å². The number of nitrogens with zero attached hydrogens (tertiary/aromatic N) is 1. The average Bonchev–Trinajstić information content (AvgIpc) is 2.78. The molecule has 1 N–H and O–H groups in total. The van der Waals surface area contributed by atoms with Crippen LogP contribution in [0.4, 0.5) is 5.69 Å². The number of amides is 1. The molecule has 0 aliphatic heterocycles. The van der Waals surface area contributed by atoms with Crippen LogP contribution in [0.15, 0.2) is 77.7 Å². The number of rotatable bonds is 8. The highest BCUT2D eigenvalue weighted by Gasteiger charge is 2.27. The minimum atomic E-state index is -3.99. The van der Waals surface area contributed by atoms with Gasteiger partial charge in [-0.15, -0.1) is 0 Å². The first-order valence-electron chi connectivity index (χ1n) is 9.55. The summed E-state index contributed by atoms with van der Waals surface area (Å²) in [7, 11) is -2.43. The third-order valence-electron chi connectivity index (χ3n) is 4.73. The molecule has 0 saturated heterocycles. The predicted molar refractivity (Wildman–Crippen MR) is 122 cm³/mol. The van der Waals surface area contributed by atoms with Crippen molar-refractivity contribution in [1.82, 2.24) is 5.32 Å². The molecular formula is C23H23ClN2O4S. The quantitative estimate of drug-likeness (QED) is 0.549. The van der Waals surface area contributed by atoms with Crippen molar-refractivity contribution in [3.05, 3.63) is 88.9 Å². The van der Waals surface area contributed by atoms with Crippen LogP contribution in [0.1, 0.15) is 11.1 Å². The largest absolute Gasteiger partial charge is 0.496 e. The highest BCUT2D eigenvalue weighted by molar-refractivity contribution is 7.92. The molecule has 0 radical (unpaired) electrons. The Labute approximate surface area is 187 Å². The van der Waals surface area contributed by atoms with E-state index in [9.17, 15) is 13.2 Å². The Hall–Kier alpha value is -3.03. The van der Waals surface area contributed by atoms with Gasteiger partial charge >= 0.3 is 0 Å². The van der Waals surface area contributed by atoms with Gasteiger partial charge in [-0.25, -0.2) is 8.42 Å². The molecule has 0 fully saturated rings. The van der Waals surface area contributed by atoms with Gasteiger partial charge in [0, 0.05) is 17.1 Å². The van der Waals surface area contributed by atoms with E-state index in [4.69, 9.17) is 16.3 Å². The first-order valence-corrected chi connectivity index (χ1v) is 11.4. The van der Waals surface area contributed by atoms with Crippen LogP contribution >= 0.6 is 11.6 Å². The van der Waals surface area contributed by atoms with Crippen molar-refractivity contribution in [2.24, 2.45) is 0 Å². The SMILES string of the molecule is COc1ccccc1CNC(=O)CN(c1ccc(C)c(Cl)c1)S(=O)(=O)c1ccccc1. The number of benzene rings is 3. The number of methoxy groups -OCH3 is 1. The number of nitrogens with one attached hydrogen (secondary N) is 1. The molecule has 31 heavy (non-hydrogen) atoms. The van der Waals surface area contributed by atoms with Crippen molar-refractivity contribution >= 4 is 33.2 Å². The molecule has 0 aliphatic rings. The van der Waals surface area contributed by atoms with Gasteiger partial charge in [-0.2, -0.15) is 0 Å². The molecule has 0 aliphatic carbocycles. The number of aryl methyl sites for hydroxylation is 1. The molecule has 3 aromatic carbocycles. The van der Waals surface area contributed by atoms with Crippen molar-refractivity contribution in [2.75, 3.05) is 18.0 Å². The molecule has 3 aromatic rings. The lowest BCUT2D eigenvalue weighted by Gasteiger charge is -2.24. The van der Waals surface area contributed by atoms with Gasteiger partial charge in [0.05, 0.1) is 17.7 Å².